The van der Waals surface area contributed by atoms with Gasteiger partial charge >= 0.3 is 5.69 Å². The number of likely N-dealkylation sites (tertiary alicyclic amines) is 1. The molecule has 2 fully saturated rings. The molecule has 3 heterocycles. The van der Waals surface area contributed by atoms with Gasteiger partial charge in [-0.2, -0.15) is 0 Å². The zero-order chi connectivity index (χ0) is 17.4. The van der Waals surface area contributed by atoms with Gasteiger partial charge in [0.2, 0.25) is 0 Å². The van der Waals surface area contributed by atoms with Crippen LogP contribution in [0.5, 0.6) is 0 Å². The molecule has 2 aromatic rings. The number of halogens is 1. The maximum Gasteiger partial charge on any atom is 0.325 e. The van der Waals surface area contributed by atoms with E-state index in [9.17, 15) is 14.0 Å². The third kappa shape index (κ3) is 3.15. The zero-order valence-corrected chi connectivity index (χ0v) is 13.6. The summed E-state index contributed by atoms with van der Waals surface area (Å²) in [6, 6.07) is 6.98. The van der Waals surface area contributed by atoms with E-state index in [2.05, 4.69) is 25.7 Å². The number of benzene rings is 1. The van der Waals surface area contributed by atoms with Crippen molar-refractivity contribution in [1.29, 1.82) is 0 Å². The van der Waals surface area contributed by atoms with Crippen LogP contribution in [-0.4, -0.2) is 34.0 Å². The number of nitrogens with zero attached hydrogens (tertiary/aromatic N) is 1. The van der Waals surface area contributed by atoms with Gasteiger partial charge in [0.15, 0.2) is 0 Å². The van der Waals surface area contributed by atoms with Gasteiger partial charge in [-0.05, 0) is 12.5 Å². The average Bonchev–Trinajstić information content (AvgIpc) is 3.01. The van der Waals surface area contributed by atoms with Crippen molar-refractivity contribution in [2.75, 3.05) is 13.1 Å². The number of hydrogen-bond acceptors (Lipinski definition) is 5. The van der Waals surface area contributed by atoms with Crippen molar-refractivity contribution in [2.45, 2.75) is 25.0 Å². The van der Waals surface area contributed by atoms with Crippen LogP contribution in [0.3, 0.4) is 0 Å². The maximum atomic E-state index is 14.2. The van der Waals surface area contributed by atoms with Crippen LogP contribution in [0, 0.1) is 11.7 Å². The molecule has 2 aliphatic heterocycles. The highest BCUT2D eigenvalue weighted by Crippen LogP contribution is 2.34. The molecule has 7 nitrogen and oxygen atoms in total. The van der Waals surface area contributed by atoms with Crippen LogP contribution in [0.1, 0.15) is 23.6 Å². The summed E-state index contributed by atoms with van der Waals surface area (Å²) in [7, 11) is 0. The number of aromatic amines is 2. The molecule has 0 bridgehead atoms. The molecular formula is C17H20FN5O2. The van der Waals surface area contributed by atoms with Crippen molar-refractivity contribution in [2.24, 2.45) is 5.92 Å². The number of hydrazine groups is 1. The predicted molar refractivity (Wildman–Crippen MR) is 90.3 cm³/mol. The Morgan fingerprint density at radius 1 is 1.20 bits per heavy atom. The summed E-state index contributed by atoms with van der Waals surface area (Å²) >= 11 is 0. The first-order chi connectivity index (χ1) is 12.1. The number of H-pyrrole nitrogens is 2. The number of hydrogen-bond donors (Lipinski definition) is 4. The largest absolute Gasteiger partial charge is 0.325 e. The Labute approximate surface area is 143 Å². The Hall–Kier alpha value is -2.29. The topological polar surface area (TPSA) is 93.0 Å². The second-order valence-electron chi connectivity index (χ2n) is 6.68. The van der Waals surface area contributed by atoms with E-state index < -0.39 is 5.69 Å². The second-order valence-corrected chi connectivity index (χ2v) is 6.68. The van der Waals surface area contributed by atoms with Crippen molar-refractivity contribution in [3.05, 3.63) is 68.2 Å². The Balaban J connectivity index is 1.52. The number of fused-ring (bicyclic) bond motifs is 1. The average molecular weight is 345 g/mol. The number of aromatic nitrogens is 2. The molecule has 0 saturated carbocycles. The van der Waals surface area contributed by atoms with Crippen LogP contribution in [0.4, 0.5) is 4.39 Å². The third-order valence-electron chi connectivity index (χ3n) is 5.12. The van der Waals surface area contributed by atoms with E-state index >= 15 is 0 Å². The molecule has 1 aromatic heterocycles. The van der Waals surface area contributed by atoms with Crippen molar-refractivity contribution in [1.82, 2.24) is 25.7 Å². The van der Waals surface area contributed by atoms with Crippen molar-refractivity contribution >= 4 is 0 Å². The van der Waals surface area contributed by atoms with Crippen LogP contribution in [0.15, 0.2) is 40.1 Å². The summed E-state index contributed by atoms with van der Waals surface area (Å²) in [4.78, 5) is 30.0. The molecule has 0 amide bonds. The van der Waals surface area contributed by atoms with Crippen LogP contribution in [0.2, 0.25) is 0 Å². The van der Waals surface area contributed by atoms with Gasteiger partial charge in [-0.25, -0.2) is 14.6 Å². The van der Waals surface area contributed by atoms with Gasteiger partial charge in [-0.15, -0.1) is 0 Å². The summed E-state index contributed by atoms with van der Waals surface area (Å²) in [6.07, 6.45) is 2.37. The number of piperidine rings is 1. The van der Waals surface area contributed by atoms with Crippen LogP contribution in [0.25, 0.3) is 0 Å². The quantitative estimate of drug-likeness (QED) is 0.640. The summed E-state index contributed by atoms with van der Waals surface area (Å²) in [5.41, 5.74) is 6.83. The lowest BCUT2D eigenvalue weighted by atomic mass is 9.85. The minimum absolute atomic E-state index is 0.108. The first kappa shape index (κ1) is 16.2. The summed E-state index contributed by atoms with van der Waals surface area (Å²) in [5.74, 6) is -0.0101. The predicted octanol–water partition coefficient (Wildman–Crippen LogP) is 0.242. The molecule has 3 unspecified atom stereocenters. The lowest BCUT2D eigenvalue weighted by Gasteiger charge is -2.36. The minimum Gasteiger partial charge on any atom is -0.314 e. The Bertz CT molecular complexity index is 880. The molecule has 1 aromatic carbocycles. The van der Waals surface area contributed by atoms with Crippen molar-refractivity contribution in [3.63, 3.8) is 0 Å². The molecule has 0 radical (unpaired) electrons. The van der Waals surface area contributed by atoms with Gasteiger partial charge in [-0.1, -0.05) is 18.2 Å². The van der Waals surface area contributed by atoms with Gasteiger partial charge in [0.05, 0.1) is 6.04 Å². The summed E-state index contributed by atoms with van der Waals surface area (Å²) < 4.78 is 14.2. The highest BCUT2D eigenvalue weighted by Gasteiger charge is 2.41. The Morgan fingerprint density at radius 2 is 2.04 bits per heavy atom. The van der Waals surface area contributed by atoms with Gasteiger partial charge in [-0.3, -0.25) is 20.1 Å². The normalized spacial score (nSPS) is 26.5. The monoisotopic (exact) mass is 345 g/mol. The first-order valence-electron chi connectivity index (χ1n) is 8.40. The molecule has 8 heteroatoms. The smallest absolute Gasteiger partial charge is 0.314 e. The summed E-state index contributed by atoms with van der Waals surface area (Å²) in [6.45, 7) is 2.03. The lowest BCUT2D eigenvalue weighted by molar-refractivity contribution is 0.147. The van der Waals surface area contributed by atoms with E-state index in [4.69, 9.17) is 0 Å². The molecule has 4 rings (SSSR count). The highest BCUT2D eigenvalue weighted by atomic mass is 19.1. The maximum absolute atomic E-state index is 14.2. The molecular weight excluding hydrogens is 325 g/mol. The Kier molecular flexibility index (Phi) is 4.24. The highest BCUT2D eigenvalue weighted by molar-refractivity contribution is 5.24. The van der Waals surface area contributed by atoms with Crippen LogP contribution < -0.4 is 22.1 Å². The second kappa shape index (κ2) is 6.55. The Morgan fingerprint density at radius 3 is 2.84 bits per heavy atom. The van der Waals surface area contributed by atoms with E-state index in [1.807, 2.05) is 12.1 Å². The molecule has 2 saturated heterocycles. The molecule has 4 N–H and O–H groups in total. The van der Waals surface area contributed by atoms with Gasteiger partial charge in [0.25, 0.3) is 5.56 Å². The van der Waals surface area contributed by atoms with E-state index in [0.717, 1.165) is 19.5 Å². The third-order valence-corrected chi connectivity index (χ3v) is 5.12. The van der Waals surface area contributed by atoms with Crippen molar-refractivity contribution < 1.29 is 4.39 Å². The van der Waals surface area contributed by atoms with Crippen LogP contribution >= 0.6 is 0 Å². The molecule has 25 heavy (non-hydrogen) atoms. The van der Waals surface area contributed by atoms with E-state index in [1.54, 1.807) is 6.07 Å². The van der Waals surface area contributed by atoms with Crippen LogP contribution in [-0.2, 0) is 6.54 Å². The standard InChI is InChI=1S/C17H20FN5O2/c18-13-4-2-1-3-11(13)15-12-9-23(6-5-14(12)21-22-15)8-10-7-19-17(25)20-16(10)24/h1-4,7,12,14-15,21-22H,5-6,8-9H2,(H2,19,20,24,25). The lowest BCUT2D eigenvalue weighted by Crippen LogP contribution is -2.45. The van der Waals surface area contributed by atoms with E-state index in [0.29, 0.717) is 17.7 Å². The molecule has 132 valence electrons. The van der Waals surface area contributed by atoms with Gasteiger partial charge in [0.1, 0.15) is 5.82 Å². The minimum atomic E-state index is -0.503. The fraction of sp³-hybridized carbons (Fsp3) is 0.412. The van der Waals surface area contributed by atoms with Crippen molar-refractivity contribution in [3.8, 4) is 0 Å². The van der Waals surface area contributed by atoms with E-state index in [-0.39, 0.29) is 29.4 Å². The van der Waals surface area contributed by atoms with E-state index in [1.165, 1.54) is 12.3 Å². The van der Waals surface area contributed by atoms with Gasteiger partial charge < -0.3 is 4.98 Å². The number of nitrogens with one attached hydrogen (secondary N) is 4. The zero-order valence-electron chi connectivity index (χ0n) is 13.6. The molecule has 0 spiro atoms. The molecule has 0 aliphatic carbocycles. The fourth-order valence-electron chi connectivity index (χ4n) is 3.85. The number of rotatable bonds is 3. The fourth-order valence-corrected chi connectivity index (χ4v) is 3.85. The SMILES string of the molecule is O=c1[nH]cc(CN2CCC3NNC(c4ccccc4F)C3C2)c(=O)[nH]1. The molecule has 2 aliphatic rings. The molecule has 3 atom stereocenters. The van der Waals surface area contributed by atoms with Gasteiger partial charge in [0, 0.05) is 48.9 Å². The summed E-state index contributed by atoms with van der Waals surface area (Å²) in [5, 5.41) is 0. The first-order valence-corrected chi connectivity index (χ1v) is 8.40.